The Balaban J connectivity index is 2.35. The van der Waals surface area contributed by atoms with Gasteiger partial charge in [0.2, 0.25) is 0 Å². The number of rotatable bonds is 3. The van der Waals surface area contributed by atoms with Crippen LogP contribution in [0, 0.1) is 24.0 Å². The van der Waals surface area contributed by atoms with Crippen LogP contribution in [0.1, 0.15) is 21.5 Å². The fraction of sp³-hybridized carbons (Fsp3) is 0.133. The molecule has 1 N–H and O–H groups in total. The average Bonchev–Trinajstić information content (AvgIpc) is 2.42. The van der Waals surface area contributed by atoms with E-state index in [1.807, 2.05) is 26.0 Å². The average molecular weight is 305 g/mol. The molecule has 108 valence electrons. The van der Waals surface area contributed by atoms with E-state index in [0.29, 0.717) is 5.69 Å². The van der Waals surface area contributed by atoms with Crippen LogP contribution in [0.25, 0.3) is 0 Å². The molecule has 0 unspecified atom stereocenters. The summed E-state index contributed by atoms with van der Waals surface area (Å²) < 4.78 is 0. The Morgan fingerprint density at radius 1 is 1.19 bits per heavy atom. The maximum Gasteiger partial charge on any atom is 0.300 e. The number of aryl methyl sites for hydroxylation is 2. The second-order valence-electron chi connectivity index (χ2n) is 4.65. The molecule has 2 rings (SSSR count). The quantitative estimate of drug-likeness (QED) is 0.685. The molecule has 0 heterocycles. The Bertz CT molecular complexity index is 729. The maximum absolute atomic E-state index is 12.2. The summed E-state index contributed by atoms with van der Waals surface area (Å²) in [7, 11) is 0. The van der Waals surface area contributed by atoms with E-state index >= 15 is 0 Å². The Morgan fingerprint density at radius 3 is 2.52 bits per heavy atom. The third-order valence-electron chi connectivity index (χ3n) is 3.18. The predicted octanol–water partition coefficient (Wildman–Crippen LogP) is 4.12. The molecule has 0 aromatic heterocycles. The van der Waals surface area contributed by atoms with E-state index in [0.717, 1.165) is 11.1 Å². The van der Waals surface area contributed by atoms with E-state index in [9.17, 15) is 14.9 Å². The third-order valence-corrected chi connectivity index (χ3v) is 3.48. The van der Waals surface area contributed by atoms with Crippen molar-refractivity contribution in [3.05, 3.63) is 68.2 Å². The third kappa shape index (κ3) is 3.20. The summed E-state index contributed by atoms with van der Waals surface area (Å²) in [5.74, 6) is -0.563. The van der Waals surface area contributed by atoms with Crippen molar-refractivity contribution in [2.75, 3.05) is 5.32 Å². The number of halogens is 1. The zero-order chi connectivity index (χ0) is 15.6. The molecule has 2 aromatic rings. The first-order chi connectivity index (χ1) is 9.90. The fourth-order valence-electron chi connectivity index (χ4n) is 1.90. The first-order valence-corrected chi connectivity index (χ1v) is 6.59. The number of nitrogens with zero attached hydrogens (tertiary/aromatic N) is 1. The van der Waals surface area contributed by atoms with Crippen molar-refractivity contribution in [3.63, 3.8) is 0 Å². The summed E-state index contributed by atoms with van der Waals surface area (Å²) in [6.07, 6.45) is 0. The second kappa shape index (κ2) is 5.93. The molecule has 0 atom stereocenters. The van der Waals surface area contributed by atoms with Gasteiger partial charge in [0.1, 0.15) is 10.6 Å². The van der Waals surface area contributed by atoms with E-state index in [-0.39, 0.29) is 16.3 Å². The molecule has 0 radical (unpaired) electrons. The molecular formula is C15H13ClN2O3. The first kappa shape index (κ1) is 15.0. The Morgan fingerprint density at radius 2 is 1.90 bits per heavy atom. The van der Waals surface area contributed by atoms with Gasteiger partial charge in [0.05, 0.1) is 4.92 Å². The number of amides is 1. The van der Waals surface area contributed by atoms with Crippen LogP contribution in [0.15, 0.2) is 36.4 Å². The van der Waals surface area contributed by atoms with Gasteiger partial charge in [-0.3, -0.25) is 14.9 Å². The summed E-state index contributed by atoms with van der Waals surface area (Å²) in [6.45, 7) is 3.88. The van der Waals surface area contributed by atoms with Crippen molar-refractivity contribution in [2.24, 2.45) is 0 Å². The van der Waals surface area contributed by atoms with Crippen molar-refractivity contribution in [2.45, 2.75) is 13.8 Å². The number of carbonyl (C=O) groups excluding carboxylic acids is 1. The number of nitrogens with one attached hydrogen (secondary N) is 1. The molecule has 6 heteroatoms. The number of nitro groups is 1. The lowest BCUT2D eigenvalue weighted by Crippen LogP contribution is -2.14. The fourth-order valence-corrected chi connectivity index (χ4v) is 2.15. The van der Waals surface area contributed by atoms with Gasteiger partial charge in [0.15, 0.2) is 0 Å². The van der Waals surface area contributed by atoms with Crippen LogP contribution >= 0.6 is 11.6 Å². The minimum Gasteiger partial charge on any atom is -0.322 e. The smallest absolute Gasteiger partial charge is 0.300 e. The molecular weight excluding hydrogens is 292 g/mol. The largest absolute Gasteiger partial charge is 0.322 e. The number of carbonyl (C=O) groups is 1. The molecule has 21 heavy (non-hydrogen) atoms. The first-order valence-electron chi connectivity index (χ1n) is 6.21. The minimum absolute atomic E-state index is 0.0623. The summed E-state index contributed by atoms with van der Waals surface area (Å²) in [6, 6.07) is 9.69. The van der Waals surface area contributed by atoms with Crippen molar-refractivity contribution >= 4 is 28.9 Å². The summed E-state index contributed by atoms with van der Waals surface area (Å²) in [5, 5.41) is 13.6. The van der Waals surface area contributed by atoms with E-state index in [1.54, 1.807) is 6.07 Å². The highest BCUT2D eigenvalue weighted by molar-refractivity contribution is 6.33. The lowest BCUT2D eigenvalue weighted by atomic mass is 10.1. The van der Waals surface area contributed by atoms with Crippen LogP contribution < -0.4 is 5.32 Å². The standard InChI is InChI=1S/C15H13ClN2O3/c1-9-6-7-11(8-10(9)2)17-15(19)12-4-3-5-13(16)14(12)18(20)21/h3-8H,1-2H3,(H,17,19). The van der Waals surface area contributed by atoms with Gasteiger partial charge in [0.25, 0.3) is 5.91 Å². The highest BCUT2D eigenvalue weighted by atomic mass is 35.5. The van der Waals surface area contributed by atoms with Crippen LogP contribution in [0.3, 0.4) is 0 Å². The molecule has 0 aliphatic rings. The molecule has 0 saturated carbocycles. The van der Waals surface area contributed by atoms with Crippen LogP contribution in [0.5, 0.6) is 0 Å². The van der Waals surface area contributed by atoms with Gasteiger partial charge in [-0.25, -0.2) is 0 Å². The number of para-hydroxylation sites is 1. The molecule has 5 nitrogen and oxygen atoms in total. The molecule has 0 aliphatic heterocycles. The van der Waals surface area contributed by atoms with E-state index in [4.69, 9.17) is 11.6 Å². The number of anilines is 1. The van der Waals surface area contributed by atoms with Gasteiger partial charge < -0.3 is 5.32 Å². The highest BCUT2D eigenvalue weighted by Gasteiger charge is 2.23. The van der Waals surface area contributed by atoms with Crippen molar-refractivity contribution in [1.29, 1.82) is 0 Å². The van der Waals surface area contributed by atoms with Gasteiger partial charge in [0, 0.05) is 5.69 Å². The van der Waals surface area contributed by atoms with E-state index in [1.165, 1.54) is 18.2 Å². The topological polar surface area (TPSA) is 72.2 Å². The number of nitro benzene ring substituents is 1. The summed E-state index contributed by atoms with van der Waals surface area (Å²) in [5.41, 5.74) is 2.25. The second-order valence-corrected chi connectivity index (χ2v) is 5.05. The molecule has 2 aromatic carbocycles. The summed E-state index contributed by atoms with van der Waals surface area (Å²) in [4.78, 5) is 22.6. The molecule has 0 bridgehead atoms. The van der Waals surface area contributed by atoms with E-state index < -0.39 is 10.8 Å². The predicted molar refractivity (Wildman–Crippen MR) is 82.0 cm³/mol. The summed E-state index contributed by atoms with van der Waals surface area (Å²) >= 11 is 5.80. The highest BCUT2D eigenvalue weighted by Crippen LogP contribution is 2.28. The number of hydrogen-bond acceptors (Lipinski definition) is 3. The van der Waals surface area contributed by atoms with E-state index in [2.05, 4.69) is 5.32 Å². The van der Waals surface area contributed by atoms with Crippen molar-refractivity contribution < 1.29 is 9.72 Å². The van der Waals surface area contributed by atoms with Gasteiger partial charge in [-0.2, -0.15) is 0 Å². The zero-order valence-electron chi connectivity index (χ0n) is 11.5. The molecule has 0 aliphatic carbocycles. The van der Waals surface area contributed by atoms with Crippen LogP contribution in [0.4, 0.5) is 11.4 Å². The molecule has 0 saturated heterocycles. The maximum atomic E-state index is 12.2. The van der Waals surface area contributed by atoms with Crippen molar-refractivity contribution in [1.82, 2.24) is 0 Å². The zero-order valence-corrected chi connectivity index (χ0v) is 12.3. The Labute approximate surface area is 126 Å². The number of benzene rings is 2. The van der Waals surface area contributed by atoms with Gasteiger partial charge in [-0.1, -0.05) is 23.7 Å². The lowest BCUT2D eigenvalue weighted by Gasteiger charge is -2.08. The Kier molecular flexibility index (Phi) is 4.23. The monoisotopic (exact) mass is 304 g/mol. The van der Waals surface area contributed by atoms with Gasteiger partial charge >= 0.3 is 5.69 Å². The van der Waals surface area contributed by atoms with Crippen LogP contribution in [-0.4, -0.2) is 10.8 Å². The normalized spacial score (nSPS) is 10.2. The SMILES string of the molecule is Cc1ccc(NC(=O)c2cccc(Cl)c2[N+](=O)[O-])cc1C. The van der Waals surface area contributed by atoms with Gasteiger partial charge in [-0.15, -0.1) is 0 Å². The van der Waals surface area contributed by atoms with Gasteiger partial charge in [-0.05, 0) is 49.2 Å². The Hall–Kier alpha value is -2.40. The molecule has 0 fully saturated rings. The minimum atomic E-state index is -0.655. The lowest BCUT2D eigenvalue weighted by molar-refractivity contribution is -0.385. The molecule has 0 spiro atoms. The molecule has 1 amide bonds. The number of hydrogen-bond donors (Lipinski definition) is 1. The van der Waals surface area contributed by atoms with Crippen LogP contribution in [-0.2, 0) is 0 Å². The van der Waals surface area contributed by atoms with Crippen molar-refractivity contribution in [3.8, 4) is 0 Å². The van der Waals surface area contributed by atoms with Crippen LogP contribution in [0.2, 0.25) is 5.02 Å².